The van der Waals surface area contributed by atoms with Crippen LogP contribution in [0.15, 0.2) is 4.52 Å². The lowest BCUT2D eigenvalue weighted by atomic mass is 10.1. The van der Waals surface area contributed by atoms with Crippen molar-refractivity contribution >= 4 is 5.78 Å². The van der Waals surface area contributed by atoms with Gasteiger partial charge in [-0.1, -0.05) is 19.0 Å². The van der Waals surface area contributed by atoms with Gasteiger partial charge in [-0.25, -0.2) is 0 Å². The lowest BCUT2D eigenvalue weighted by molar-refractivity contribution is -0.118. The van der Waals surface area contributed by atoms with E-state index in [0.717, 1.165) is 25.2 Å². The third kappa shape index (κ3) is 3.16. The Labute approximate surface area is 108 Å². The van der Waals surface area contributed by atoms with Gasteiger partial charge in [0, 0.05) is 18.4 Å². The molecule has 100 valence electrons. The molecule has 0 N–H and O–H groups in total. The van der Waals surface area contributed by atoms with Crippen LogP contribution in [0.3, 0.4) is 0 Å². The molecule has 1 atom stereocenters. The minimum Gasteiger partial charge on any atom is -0.338 e. The molecule has 1 aromatic rings. The molecule has 0 spiro atoms. The van der Waals surface area contributed by atoms with Gasteiger partial charge in [-0.15, -0.1) is 0 Å². The maximum Gasteiger partial charge on any atom is 0.240 e. The summed E-state index contributed by atoms with van der Waals surface area (Å²) >= 11 is 0. The molecule has 2 rings (SSSR count). The Balaban J connectivity index is 1.96. The maximum absolute atomic E-state index is 11.2. The normalized spacial score (nSPS) is 20.8. The van der Waals surface area contributed by atoms with E-state index in [4.69, 9.17) is 4.52 Å². The van der Waals surface area contributed by atoms with Crippen LogP contribution in [0, 0.1) is 0 Å². The van der Waals surface area contributed by atoms with Gasteiger partial charge in [0.1, 0.15) is 5.78 Å². The number of ketones is 1. The summed E-state index contributed by atoms with van der Waals surface area (Å²) in [7, 11) is 0. The molecule has 1 fully saturated rings. The van der Waals surface area contributed by atoms with E-state index in [2.05, 4.69) is 15.0 Å². The molecule has 18 heavy (non-hydrogen) atoms. The van der Waals surface area contributed by atoms with Crippen molar-refractivity contribution in [2.75, 3.05) is 6.54 Å². The van der Waals surface area contributed by atoms with Crippen LogP contribution in [-0.4, -0.2) is 33.4 Å². The van der Waals surface area contributed by atoms with E-state index in [1.807, 2.05) is 13.8 Å². The van der Waals surface area contributed by atoms with Gasteiger partial charge in [-0.05, 0) is 26.3 Å². The molecule has 2 heterocycles. The zero-order chi connectivity index (χ0) is 13.1. The topological polar surface area (TPSA) is 59.2 Å². The van der Waals surface area contributed by atoms with Crippen LogP contribution in [0.5, 0.6) is 0 Å². The van der Waals surface area contributed by atoms with Gasteiger partial charge in [0.2, 0.25) is 5.89 Å². The minimum atomic E-state index is 0.250. The number of aromatic nitrogens is 2. The summed E-state index contributed by atoms with van der Waals surface area (Å²) in [6, 6.07) is 0.344. The lowest BCUT2D eigenvalue weighted by Crippen LogP contribution is -2.30. The number of likely N-dealkylation sites (tertiary alicyclic amines) is 1. The standard InChI is InChI=1S/C13H21N3O2/c1-9(2)13-14-12(18-15-13)8-16-6-4-5-11(16)7-10(3)17/h9,11H,4-8H2,1-3H3. The summed E-state index contributed by atoms with van der Waals surface area (Å²) in [5.41, 5.74) is 0. The first-order valence-electron chi connectivity index (χ1n) is 6.62. The van der Waals surface area contributed by atoms with Crippen molar-refractivity contribution in [2.45, 2.75) is 58.5 Å². The summed E-state index contributed by atoms with van der Waals surface area (Å²) in [6.45, 7) is 7.42. The van der Waals surface area contributed by atoms with Crippen LogP contribution in [0.4, 0.5) is 0 Å². The zero-order valence-corrected chi connectivity index (χ0v) is 11.3. The van der Waals surface area contributed by atoms with Gasteiger partial charge >= 0.3 is 0 Å². The summed E-state index contributed by atoms with van der Waals surface area (Å²) < 4.78 is 5.25. The fourth-order valence-electron chi connectivity index (χ4n) is 2.41. The van der Waals surface area contributed by atoms with Gasteiger partial charge < -0.3 is 4.52 Å². The van der Waals surface area contributed by atoms with Crippen LogP contribution in [-0.2, 0) is 11.3 Å². The second kappa shape index (κ2) is 5.61. The van der Waals surface area contributed by atoms with Crippen molar-refractivity contribution in [3.05, 3.63) is 11.7 Å². The molecule has 1 unspecified atom stereocenters. The number of hydrogen-bond donors (Lipinski definition) is 0. The van der Waals surface area contributed by atoms with Gasteiger partial charge in [-0.3, -0.25) is 9.69 Å². The molecule has 1 aromatic heterocycles. The number of hydrogen-bond acceptors (Lipinski definition) is 5. The number of carbonyl (C=O) groups is 1. The molecule has 1 saturated heterocycles. The zero-order valence-electron chi connectivity index (χ0n) is 11.3. The molecule has 0 aromatic carbocycles. The Hall–Kier alpha value is -1.23. The predicted molar refractivity (Wildman–Crippen MR) is 67.1 cm³/mol. The van der Waals surface area contributed by atoms with E-state index in [1.54, 1.807) is 6.92 Å². The number of Topliss-reactive ketones (excluding diaryl/α,β-unsaturated/α-hetero) is 1. The lowest BCUT2D eigenvalue weighted by Gasteiger charge is -2.21. The SMILES string of the molecule is CC(=O)CC1CCCN1Cc1nc(C(C)C)no1. The Morgan fingerprint density at radius 2 is 2.33 bits per heavy atom. The number of nitrogens with zero attached hydrogens (tertiary/aromatic N) is 3. The molecule has 0 bridgehead atoms. The Morgan fingerprint density at radius 3 is 2.94 bits per heavy atom. The first-order chi connectivity index (χ1) is 8.56. The minimum absolute atomic E-state index is 0.250. The highest BCUT2D eigenvalue weighted by Gasteiger charge is 2.27. The van der Waals surface area contributed by atoms with E-state index < -0.39 is 0 Å². The first-order valence-corrected chi connectivity index (χ1v) is 6.62. The summed E-state index contributed by atoms with van der Waals surface area (Å²) in [5.74, 6) is 1.95. The molecule has 1 aliphatic heterocycles. The Bertz CT molecular complexity index is 414. The Kier molecular flexibility index (Phi) is 4.11. The largest absolute Gasteiger partial charge is 0.338 e. The van der Waals surface area contributed by atoms with Crippen molar-refractivity contribution in [1.29, 1.82) is 0 Å². The van der Waals surface area contributed by atoms with Gasteiger partial charge in [0.25, 0.3) is 0 Å². The van der Waals surface area contributed by atoms with Crippen LogP contribution >= 0.6 is 0 Å². The van der Waals surface area contributed by atoms with Crippen LogP contribution in [0.1, 0.15) is 57.7 Å². The molecule has 0 saturated carbocycles. The van der Waals surface area contributed by atoms with Crippen LogP contribution < -0.4 is 0 Å². The van der Waals surface area contributed by atoms with Crippen molar-refractivity contribution in [1.82, 2.24) is 15.0 Å². The monoisotopic (exact) mass is 251 g/mol. The van der Waals surface area contributed by atoms with Gasteiger partial charge in [-0.2, -0.15) is 4.98 Å². The van der Waals surface area contributed by atoms with E-state index in [9.17, 15) is 4.79 Å². The highest BCUT2D eigenvalue weighted by Crippen LogP contribution is 2.22. The van der Waals surface area contributed by atoms with Crippen molar-refractivity contribution in [3.63, 3.8) is 0 Å². The highest BCUT2D eigenvalue weighted by atomic mass is 16.5. The molecule has 0 amide bonds. The maximum atomic E-state index is 11.2. The van der Waals surface area contributed by atoms with E-state index in [-0.39, 0.29) is 11.7 Å². The average Bonchev–Trinajstić information content (AvgIpc) is 2.89. The van der Waals surface area contributed by atoms with Gasteiger partial charge in [0.15, 0.2) is 5.82 Å². The molecule has 0 radical (unpaired) electrons. The number of rotatable bonds is 5. The molecular formula is C13H21N3O2. The molecule has 5 heteroatoms. The van der Waals surface area contributed by atoms with Crippen molar-refractivity contribution < 1.29 is 9.32 Å². The summed E-state index contributed by atoms with van der Waals surface area (Å²) in [4.78, 5) is 17.9. The third-order valence-corrected chi connectivity index (χ3v) is 3.36. The molecule has 5 nitrogen and oxygen atoms in total. The Morgan fingerprint density at radius 1 is 1.56 bits per heavy atom. The number of carbonyl (C=O) groups excluding carboxylic acids is 1. The molecule has 0 aliphatic carbocycles. The second-order valence-corrected chi connectivity index (χ2v) is 5.37. The molecular weight excluding hydrogens is 230 g/mol. The smallest absolute Gasteiger partial charge is 0.240 e. The first kappa shape index (κ1) is 13.2. The quantitative estimate of drug-likeness (QED) is 0.802. The fraction of sp³-hybridized carbons (Fsp3) is 0.769. The van der Waals surface area contributed by atoms with Crippen LogP contribution in [0.25, 0.3) is 0 Å². The summed E-state index contributed by atoms with van der Waals surface area (Å²) in [5, 5.41) is 3.96. The predicted octanol–water partition coefficient (Wildman–Crippen LogP) is 2.14. The molecule has 1 aliphatic rings. The van der Waals surface area contributed by atoms with Crippen molar-refractivity contribution in [3.8, 4) is 0 Å². The van der Waals surface area contributed by atoms with Gasteiger partial charge in [0.05, 0.1) is 6.54 Å². The van der Waals surface area contributed by atoms with E-state index >= 15 is 0 Å². The second-order valence-electron chi connectivity index (χ2n) is 5.37. The van der Waals surface area contributed by atoms with Crippen molar-refractivity contribution in [2.24, 2.45) is 0 Å². The van der Waals surface area contributed by atoms with Crippen LogP contribution in [0.2, 0.25) is 0 Å². The average molecular weight is 251 g/mol. The summed E-state index contributed by atoms with van der Waals surface area (Å²) in [6.07, 6.45) is 2.86. The van der Waals surface area contributed by atoms with E-state index in [0.29, 0.717) is 24.9 Å². The highest BCUT2D eigenvalue weighted by molar-refractivity contribution is 5.76. The fourth-order valence-corrected chi connectivity index (χ4v) is 2.41. The van der Waals surface area contributed by atoms with E-state index in [1.165, 1.54) is 0 Å². The third-order valence-electron chi connectivity index (χ3n) is 3.36.